The van der Waals surface area contributed by atoms with E-state index in [9.17, 15) is 38.1 Å². The van der Waals surface area contributed by atoms with Crippen LogP contribution in [0, 0.1) is 0 Å². The Morgan fingerprint density at radius 3 is 2.45 bits per heavy atom. The van der Waals surface area contributed by atoms with Gasteiger partial charge in [0.15, 0.2) is 23.9 Å². The zero-order valence-corrected chi connectivity index (χ0v) is 19.5. The fraction of sp³-hybridized carbons (Fsp3) is 0.400. The van der Waals surface area contributed by atoms with Crippen molar-refractivity contribution in [2.45, 2.75) is 42.8 Å². The summed E-state index contributed by atoms with van der Waals surface area (Å²) in [4.78, 5) is 38.7. The summed E-state index contributed by atoms with van der Waals surface area (Å²) in [6.07, 6.45) is -11.2. The van der Waals surface area contributed by atoms with Crippen LogP contribution in [-0.2, 0) is 31.7 Å². The smallest absolute Gasteiger partial charge is 0.433 e. The number of carbonyl (C=O) groups is 2. The minimum absolute atomic E-state index is 0.0378. The van der Waals surface area contributed by atoms with Crippen LogP contribution in [0.3, 0.4) is 0 Å². The molecule has 1 saturated heterocycles. The van der Waals surface area contributed by atoms with Crippen LogP contribution < -0.4 is 5.73 Å². The predicted molar refractivity (Wildman–Crippen MR) is 116 cm³/mol. The zero-order chi connectivity index (χ0) is 28.0. The minimum Gasteiger partial charge on any atom is -0.479 e. The van der Waals surface area contributed by atoms with Gasteiger partial charge < -0.3 is 30.5 Å². The van der Waals surface area contributed by atoms with E-state index in [1.54, 1.807) is 0 Å². The minimum atomic E-state index is -4.77. The van der Waals surface area contributed by atoms with E-state index >= 15 is 4.39 Å². The molecule has 4 rings (SSSR count). The quantitative estimate of drug-likeness (QED) is 0.174. The Labute approximate surface area is 213 Å². The van der Waals surface area contributed by atoms with Gasteiger partial charge in [-0.15, -0.1) is 0 Å². The van der Waals surface area contributed by atoms with Crippen LogP contribution in [-0.4, -0.2) is 82.3 Å². The third-order valence-corrected chi connectivity index (χ3v) is 5.91. The average Bonchev–Trinajstić information content (AvgIpc) is 3.37. The number of fused-ring (bicyclic) bond motifs is 1. The van der Waals surface area contributed by atoms with Crippen molar-refractivity contribution in [3.8, 4) is 0 Å². The van der Waals surface area contributed by atoms with E-state index in [-0.39, 0.29) is 27.8 Å². The summed E-state index contributed by atoms with van der Waals surface area (Å²) < 4.78 is 65.0. The fourth-order valence-electron chi connectivity index (χ4n) is 3.79. The second kappa shape index (κ2) is 9.90. The first kappa shape index (κ1) is 27.4. The number of halogens is 5. The van der Waals surface area contributed by atoms with Gasteiger partial charge in [0.05, 0.1) is 12.9 Å². The number of rotatable bonds is 8. The van der Waals surface area contributed by atoms with Gasteiger partial charge in [-0.05, 0) is 23.2 Å². The number of aliphatic hydroxyl groups is 1. The fourth-order valence-corrected chi connectivity index (χ4v) is 3.96. The van der Waals surface area contributed by atoms with E-state index in [4.69, 9.17) is 26.8 Å². The molecular formula is C20H17ClF4N6O7. The number of hydrogen-bond donors (Lipinski definition) is 4. The Kier molecular flexibility index (Phi) is 7.13. The molecule has 0 bridgehead atoms. The van der Waals surface area contributed by atoms with Gasteiger partial charge in [0, 0.05) is 12.6 Å². The van der Waals surface area contributed by atoms with Crippen LogP contribution in [0.2, 0.25) is 5.28 Å². The molecule has 18 heteroatoms. The first-order valence-electron chi connectivity index (χ1n) is 10.5. The van der Waals surface area contributed by atoms with Crippen molar-refractivity contribution in [2.24, 2.45) is 0 Å². The second-order valence-electron chi connectivity index (χ2n) is 8.18. The Bertz CT molecular complexity index is 1360. The van der Waals surface area contributed by atoms with E-state index in [0.29, 0.717) is 12.3 Å². The summed E-state index contributed by atoms with van der Waals surface area (Å²) in [5, 5.41) is 29.4. The van der Waals surface area contributed by atoms with Crippen molar-refractivity contribution >= 4 is 40.5 Å². The lowest BCUT2D eigenvalue weighted by Gasteiger charge is -2.27. The van der Waals surface area contributed by atoms with E-state index in [2.05, 4.69) is 19.9 Å². The summed E-state index contributed by atoms with van der Waals surface area (Å²) >= 11 is 5.79. The number of imidazole rings is 1. The molecule has 4 atom stereocenters. The second-order valence-corrected chi connectivity index (χ2v) is 8.51. The molecule has 0 aromatic carbocycles. The van der Waals surface area contributed by atoms with Crippen LogP contribution in [0.4, 0.5) is 23.4 Å². The summed E-state index contributed by atoms with van der Waals surface area (Å²) in [5.74, 6) is -4.13. The van der Waals surface area contributed by atoms with E-state index in [1.165, 1.54) is 0 Å². The van der Waals surface area contributed by atoms with Crippen molar-refractivity contribution in [2.75, 3.05) is 12.3 Å². The van der Waals surface area contributed by atoms with Gasteiger partial charge >= 0.3 is 18.1 Å². The highest BCUT2D eigenvalue weighted by molar-refractivity contribution is 6.28. The van der Waals surface area contributed by atoms with E-state index < -0.39 is 67.0 Å². The lowest BCUT2D eigenvalue weighted by atomic mass is 9.94. The SMILES string of the molecule is Nc1nc(Cl)nc2c1ncn2C1O[C@H](COC(Cc2ccc(C(F)(F)F)nc2)(C(=O)O)C(=O)O)[C@@H](O)[C@@H]1F. The van der Waals surface area contributed by atoms with Gasteiger partial charge in [0.2, 0.25) is 5.28 Å². The molecule has 1 aliphatic rings. The number of nitrogens with two attached hydrogens (primary N) is 1. The molecule has 1 fully saturated rings. The summed E-state index contributed by atoms with van der Waals surface area (Å²) in [6, 6.07) is 1.39. The Morgan fingerprint density at radius 1 is 1.18 bits per heavy atom. The monoisotopic (exact) mass is 564 g/mol. The number of nitrogen functional groups attached to an aromatic ring is 1. The highest BCUT2D eigenvalue weighted by atomic mass is 35.5. The molecule has 204 valence electrons. The van der Waals surface area contributed by atoms with Crippen molar-refractivity contribution in [1.82, 2.24) is 24.5 Å². The van der Waals surface area contributed by atoms with Crippen LogP contribution in [0.1, 0.15) is 17.5 Å². The van der Waals surface area contributed by atoms with Gasteiger partial charge in [0.25, 0.3) is 5.60 Å². The van der Waals surface area contributed by atoms with E-state index in [0.717, 1.165) is 17.0 Å². The number of carboxylic acid groups (broad SMARTS) is 2. The highest BCUT2D eigenvalue weighted by Gasteiger charge is 2.52. The molecule has 0 spiro atoms. The van der Waals surface area contributed by atoms with Gasteiger partial charge in [-0.2, -0.15) is 23.1 Å². The van der Waals surface area contributed by atoms with Crippen molar-refractivity contribution in [3.63, 3.8) is 0 Å². The first-order chi connectivity index (χ1) is 17.7. The Hall–Kier alpha value is -3.67. The maximum absolute atomic E-state index is 15.0. The molecule has 0 saturated carbocycles. The maximum atomic E-state index is 15.0. The normalized spacial score (nSPS) is 22.2. The number of alkyl halides is 4. The molecule has 0 amide bonds. The van der Waals surface area contributed by atoms with Crippen molar-refractivity contribution in [3.05, 3.63) is 41.2 Å². The Balaban J connectivity index is 1.56. The van der Waals surface area contributed by atoms with Crippen LogP contribution in [0.5, 0.6) is 0 Å². The number of aromatic nitrogens is 5. The third kappa shape index (κ3) is 4.92. The van der Waals surface area contributed by atoms with Gasteiger partial charge in [-0.3, -0.25) is 9.55 Å². The van der Waals surface area contributed by atoms with Crippen molar-refractivity contribution in [1.29, 1.82) is 0 Å². The third-order valence-electron chi connectivity index (χ3n) is 5.74. The number of carboxylic acids is 2. The molecule has 0 aliphatic carbocycles. The Morgan fingerprint density at radius 2 is 1.87 bits per heavy atom. The average molecular weight is 565 g/mol. The van der Waals surface area contributed by atoms with Crippen LogP contribution in [0.15, 0.2) is 24.7 Å². The number of nitrogens with zero attached hydrogens (tertiary/aromatic N) is 5. The largest absolute Gasteiger partial charge is 0.479 e. The number of aliphatic carboxylic acids is 2. The molecule has 5 N–H and O–H groups in total. The molecule has 13 nitrogen and oxygen atoms in total. The number of anilines is 1. The summed E-state index contributed by atoms with van der Waals surface area (Å²) in [5.41, 5.74) is 1.21. The molecule has 3 aromatic heterocycles. The zero-order valence-electron chi connectivity index (χ0n) is 18.7. The molecule has 0 radical (unpaired) electrons. The maximum Gasteiger partial charge on any atom is 0.433 e. The van der Waals surface area contributed by atoms with Crippen molar-refractivity contribution < 1.29 is 51.9 Å². The number of hydrogen-bond acceptors (Lipinski definition) is 10. The number of ether oxygens (including phenoxy) is 2. The lowest BCUT2D eigenvalue weighted by Crippen LogP contribution is -2.52. The van der Waals surface area contributed by atoms with E-state index in [1.807, 2.05) is 0 Å². The molecule has 3 aromatic rings. The van der Waals surface area contributed by atoms with Gasteiger partial charge in [-0.1, -0.05) is 6.07 Å². The molecule has 4 heterocycles. The highest BCUT2D eigenvalue weighted by Crippen LogP contribution is 2.35. The number of aliphatic hydroxyl groups excluding tert-OH is 1. The molecule has 38 heavy (non-hydrogen) atoms. The standard InChI is InChI=1S/C20H17ClF4N6O7/c21-18-29-13(26)11-14(30-18)31(6-28-11)15-10(22)12(32)8(38-15)5-37-19(16(33)34,17(35)36)3-7-1-2-9(27-4-7)20(23,24)25/h1-2,4,6,8,10,12,15,32H,3,5H2,(H,33,34)(H,35,36)(H2,26,29,30)/t8-,10+,12-,15?/m1/s1. The van der Waals surface area contributed by atoms with Crippen LogP contribution in [0.25, 0.3) is 11.2 Å². The number of pyridine rings is 1. The summed E-state index contributed by atoms with van der Waals surface area (Å²) in [6.45, 7) is -0.935. The van der Waals surface area contributed by atoms with Gasteiger partial charge in [0.1, 0.15) is 23.4 Å². The molecular weight excluding hydrogens is 548 g/mol. The predicted octanol–water partition coefficient (Wildman–Crippen LogP) is 1.24. The molecule has 1 unspecified atom stereocenters. The molecule has 1 aliphatic heterocycles. The first-order valence-corrected chi connectivity index (χ1v) is 10.9. The van der Waals surface area contributed by atoms with Gasteiger partial charge in [-0.25, -0.2) is 19.0 Å². The van der Waals surface area contributed by atoms with Crippen LogP contribution >= 0.6 is 11.6 Å². The lowest BCUT2D eigenvalue weighted by molar-refractivity contribution is -0.190. The topological polar surface area (TPSA) is 196 Å². The summed E-state index contributed by atoms with van der Waals surface area (Å²) in [7, 11) is 0.